The van der Waals surface area contributed by atoms with Crippen molar-refractivity contribution in [3.8, 4) is 0 Å². The van der Waals surface area contributed by atoms with E-state index in [9.17, 15) is 4.79 Å². The van der Waals surface area contributed by atoms with E-state index in [-0.39, 0.29) is 5.78 Å². The van der Waals surface area contributed by atoms with Gasteiger partial charge < -0.3 is 0 Å². The number of pyridine rings is 1. The first-order chi connectivity index (χ1) is 8.99. The van der Waals surface area contributed by atoms with Gasteiger partial charge in [0.2, 0.25) is 0 Å². The zero-order chi connectivity index (χ0) is 14.0. The van der Waals surface area contributed by atoms with Gasteiger partial charge >= 0.3 is 0 Å². The van der Waals surface area contributed by atoms with Crippen LogP contribution < -0.4 is 0 Å². The number of rotatable bonds is 4. The molecule has 0 radical (unpaired) electrons. The van der Waals surface area contributed by atoms with Crippen LogP contribution in [0.2, 0.25) is 5.02 Å². The predicted molar refractivity (Wildman–Crippen MR) is 74.3 cm³/mol. The predicted octanol–water partition coefficient (Wildman–Crippen LogP) is 2.44. The van der Waals surface area contributed by atoms with E-state index in [0.717, 1.165) is 22.5 Å². The van der Waals surface area contributed by atoms with Crippen molar-refractivity contribution in [1.29, 1.82) is 0 Å². The van der Waals surface area contributed by atoms with Crippen molar-refractivity contribution in [2.75, 3.05) is 0 Å². The third-order valence-electron chi connectivity index (χ3n) is 3.28. The zero-order valence-corrected chi connectivity index (χ0v) is 12.0. The molecule has 2 heterocycles. The lowest BCUT2D eigenvalue weighted by atomic mass is 10.0. The second kappa shape index (κ2) is 5.53. The molecule has 0 fully saturated rings. The lowest BCUT2D eigenvalue weighted by Gasteiger charge is -2.04. The van der Waals surface area contributed by atoms with Gasteiger partial charge in [-0.2, -0.15) is 5.10 Å². The van der Waals surface area contributed by atoms with Gasteiger partial charge in [-0.15, -0.1) is 0 Å². The van der Waals surface area contributed by atoms with E-state index in [4.69, 9.17) is 11.6 Å². The monoisotopic (exact) mass is 277 g/mol. The zero-order valence-electron chi connectivity index (χ0n) is 11.3. The standard InChI is InChI=1S/C14H16ClN3O/c1-9-13(10(2)18(3)17-9)7-12(19)6-11-4-5-16-8-14(11)15/h4-5,8H,6-7H2,1-3H3. The molecule has 0 aromatic carbocycles. The molecule has 0 aliphatic heterocycles. The van der Waals surface area contributed by atoms with Gasteiger partial charge in [0.15, 0.2) is 0 Å². The summed E-state index contributed by atoms with van der Waals surface area (Å²) < 4.78 is 1.80. The molecule has 0 spiro atoms. The van der Waals surface area contributed by atoms with Crippen LogP contribution in [0.4, 0.5) is 0 Å². The van der Waals surface area contributed by atoms with Gasteiger partial charge in [0, 0.05) is 43.5 Å². The molecule has 2 aromatic heterocycles. The molecular weight excluding hydrogens is 262 g/mol. The van der Waals surface area contributed by atoms with E-state index in [2.05, 4.69) is 10.1 Å². The first-order valence-corrected chi connectivity index (χ1v) is 6.46. The third-order valence-corrected chi connectivity index (χ3v) is 3.62. The summed E-state index contributed by atoms with van der Waals surface area (Å²) in [6.07, 6.45) is 3.93. The van der Waals surface area contributed by atoms with E-state index in [0.29, 0.717) is 17.9 Å². The third kappa shape index (κ3) is 3.01. The van der Waals surface area contributed by atoms with E-state index in [1.54, 1.807) is 23.1 Å². The van der Waals surface area contributed by atoms with Gasteiger partial charge in [-0.25, -0.2) is 0 Å². The van der Waals surface area contributed by atoms with Crippen LogP contribution >= 0.6 is 11.6 Å². The first kappa shape index (κ1) is 13.7. The Morgan fingerprint density at radius 3 is 2.68 bits per heavy atom. The van der Waals surface area contributed by atoms with Crippen molar-refractivity contribution in [2.24, 2.45) is 7.05 Å². The highest BCUT2D eigenvalue weighted by molar-refractivity contribution is 6.31. The molecule has 5 heteroatoms. The van der Waals surface area contributed by atoms with Gasteiger partial charge in [-0.3, -0.25) is 14.5 Å². The minimum Gasteiger partial charge on any atom is -0.299 e. The normalized spacial score (nSPS) is 10.7. The number of nitrogens with zero attached hydrogens (tertiary/aromatic N) is 3. The molecule has 0 saturated carbocycles. The fourth-order valence-corrected chi connectivity index (χ4v) is 2.28. The van der Waals surface area contributed by atoms with Crippen LogP contribution in [-0.2, 0) is 24.7 Å². The first-order valence-electron chi connectivity index (χ1n) is 6.08. The quantitative estimate of drug-likeness (QED) is 0.862. The minimum absolute atomic E-state index is 0.132. The molecule has 0 N–H and O–H groups in total. The van der Waals surface area contributed by atoms with Gasteiger partial charge in [0.25, 0.3) is 0 Å². The van der Waals surface area contributed by atoms with E-state index >= 15 is 0 Å². The maximum Gasteiger partial charge on any atom is 0.141 e. The minimum atomic E-state index is 0.132. The average molecular weight is 278 g/mol. The Balaban J connectivity index is 2.12. The fourth-order valence-electron chi connectivity index (χ4n) is 2.09. The molecule has 100 valence electrons. The lowest BCUT2D eigenvalue weighted by Crippen LogP contribution is -2.08. The Morgan fingerprint density at radius 1 is 1.37 bits per heavy atom. The van der Waals surface area contributed by atoms with Crippen LogP contribution in [-0.4, -0.2) is 20.5 Å². The average Bonchev–Trinajstić information content (AvgIpc) is 2.59. The lowest BCUT2D eigenvalue weighted by molar-refractivity contribution is -0.117. The summed E-state index contributed by atoms with van der Waals surface area (Å²) in [4.78, 5) is 16.0. The Morgan fingerprint density at radius 2 is 2.11 bits per heavy atom. The molecule has 2 aromatic rings. The Labute approximate surface area is 117 Å². The van der Waals surface area contributed by atoms with Crippen molar-refractivity contribution < 1.29 is 4.79 Å². The summed E-state index contributed by atoms with van der Waals surface area (Å²) in [5.41, 5.74) is 3.78. The van der Waals surface area contributed by atoms with Crippen molar-refractivity contribution in [3.05, 3.63) is 46.0 Å². The number of carbonyl (C=O) groups is 1. The summed E-state index contributed by atoms with van der Waals surface area (Å²) >= 11 is 6.01. The number of aromatic nitrogens is 3. The molecule has 0 unspecified atom stereocenters. The van der Waals surface area contributed by atoms with Crippen molar-refractivity contribution >= 4 is 17.4 Å². The number of halogens is 1. The summed E-state index contributed by atoms with van der Waals surface area (Å²) in [5.74, 6) is 0.132. The second-order valence-electron chi connectivity index (χ2n) is 4.63. The van der Waals surface area contributed by atoms with E-state index in [1.807, 2.05) is 20.9 Å². The van der Waals surface area contributed by atoms with Crippen LogP contribution in [0.15, 0.2) is 18.5 Å². The number of carbonyl (C=O) groups excluding carboxylic acids is 1. The summed E-state index contributed by atoms with van der Waals surface area (Å²) in [6, 6.07) is 1.78. The van der Waals surface area contributed by atoms with Crippen LogP contribution in [0.1, 0.15) is 22.5 Å². The van der Waals surface area contributed by atoms with Crippen molar-refractivity contribution in [3.63, 3.8) is 0 Å². The Hall–Kier alpha value is -1.68. The Kier molecular flexibility index (Phi) is 4.00. The molecule has 19 heavy (non-hydrogen) atoms. The van der Waals surface area contributed by atoms with E-state index < -0.39 is 0 Å². The number of aryl methyl sites for hydroxylation is 2. The molecule has 2 rings (SSSR count). The van der Waals surface area contributed by atoms with E-state index in [1.165, 1.54) is 0 Å². The molecule has 0 aliphatic rings. The van der Waals surface area contributed by atoms with Crippen molar-refractivity contribution in [1.82, 2.24) is 14.8 Å². The highest BCUT2D eigenvalue weighted by Gasteiger charge is 2.14. The van der Waals surface area contributed by atoms with Crippen LogP contribution in [0, 0.1) is 13.8 Å². The van der Waals surface area contributed by atoms with Crippen LogP contribution in [0.25, 0.3) is 0 Å². The molecule has 0 saturated heterocycles. The number of ketones is 1. The topological polar surface area (TPSA) is 47.8 Å². The molecular formula is C14H16ClN3O. The van der Waals surface area contributed by atoms with Gasteiger partial charge in [-0.05, 0) is 25.5 Å². The van der Waals surface area contributed by atoms with Crippen LogP contribution in [0.3, 0.4) is 0 Å². The highest BCUT2D eigenvalue weighted by Crippen LogP contribution is 2.17. The molecule has 0 bridgehead atoms. The summed E-state index contributed by atoms with van der Waals surface area (Å²) in [6.45, 7) is 3.90. The SMILES string of the molecule is Cc1nn(C)c(C)c1CC(=O)Cc1ccncc1Cl. The van der Waals surface area contributed by atoms with Gasteiger partial charge in [-0.1, -0.05) is 11.6 Å². The molecule has 0 atom stereocenters. The smallest absolute Gasteiger partial charge is 0.141 e. The summed E-state index contributed by atoms with van der Waals surface area (Å²) in [5, 5.41) is 4.85. The van der Waals surface area contributed by atoms with Crippen LogP contribution in [0.5, 0.6) is 0 Å². The summed E-state index contributed by atoms with van der Waals surface area (Å²) in [7, 11) is 1.88. The molecule has 0 amide bonds. The number of hydrogen-bond donors (Lipinski definition) is 0. The number of hydrogen-bond acceptors (Lipinski definition) is 3. The maximum absolute atomic E-state index is 12.1. The largest absolute Gasteiger partial charge is 0.299 e. The Bertz CT molecular complexity index is 619. The number of Topliss-reactive ketones (excluding diaryl/α,β-unsaturated/α-hetero) is 1. The van der Waals surface area contributed by atoms with Crippen molar-refractivity contribution in [2.45, 2.75) is 26.7 Å². The second-order valence-corrected chi connectivity index (χ2v) is 5.04. The fraction of sp³-hybridized carbons (Fsp3) is 0.357. The highest BCUT2D eigenvalue weighted by atomic mass is 35.5. The van der Waals surface area contributed by atoms with Gasteiger partial charge in [0.05, 0.1) is 10.7 Å². The van der Waals surface area contributed by atoms with Gasteiger partial charge in [0.1, 0.15) is 5.78 Å². The maximum atomic E-state index is 12.1. The molecule has 4 nitrogen and oxygen atoms in total. The molecule has 0 aliphatic carbocycles.